The summed E-state index contributed by atoms with van der Waals surface area (Å²) >= 11 is 6.16. The molecule has 1 spiro atoms. The van der Waals surface area contributed by atoms with Crippen LogP contribution in [0.15, 0.2) is 78.9 Å². The highest BCUT2D eigenvalue weighted by Gasteiger charge is 2.75. The van der Waals surface area contributed by atoms with Crippen LogP contribution in [-0.4, -0.2) is 76.1 Å². The van der Waals surface area contributed by atoms with E-state index in [0.29, 0.717) is 56.2 Å². The molecule has 6 rings (SSSR count). The monoisotopic (exact) mass is 617 g/mol. The van der Waals surface area contributed by atoms with Crippen molar-refractivity contribution >= 4 is 35.0 Å². The van der Waals surface area contributed by atoms with E-state index in [1.807, 2.05) is 61.6 Å². The van der Waals surface area contributed by atoms with Gasteiger partial charge < -0.3 is 24.5 Å². The molecule has 2 fully saturated rings. The Kier molecular flexibility index (Phi) is 8.68. The SMILES string of the molecule is CC[C@]12C=CCN(Cc3ccccc3)C(=O)[C@H]1[C@H]1C(=O)N(CCCCCCO)C3C(=O)N(c4ccc(Cl)cc4)CC=C[C@@]31O2. The molecule has 44 heavy (non-hydrogen) atoms. The summed E-state index contributed by atoms with van der Waals surface area (Å²) in [4.78, 5) is 49.0. The number of rotatable bonds is 10. The summed E-state index contributed by atoms with van der Waals surface area (Å²) in [6, 6.07) is 16.0. The van der Waals surface area contributed by atoms with Gasteiger partial charge in [-0.1, -0.05) is 86.0 Å². The number of carbonyl (C=O) groups is 3. The summed E-state index contributed by atoms with van der Waals surface area (Å²) < 4.78 is 7.08. The van der Waals surface area contributed by atoms with Gasteiger partial charge in [-0.05, 0) is 49.1 Å². The highest BCUT2D eigenvalue weighted by Crippen LogP contribution is 2.58. The molecule has 232 valence electrons. The van der Waals surface area contributed by atoms with Gasteiger partial charge in [0.05, 0.1) is 17.4 Å². The van der Waals surface area contributed by atoms with Crippen LogP contribution in [-0.2, 0) is 25.7 Å². The van der Waals surface area contributed by atoms with Gasteiger partial charge >= 0.3 is 0 Å². The maximum atomic E-state index is 14.6. The minimum Gasteiger partial charge on any atom is -0.396 e. The van der Waals surface area contributed by atoms with Gasteiger partial charge in [-0.15, -0.1) is 0 Å². The van der Waals surface area contributed by atoms with Gasteiger partial charge in [0.1, 0.15) is 11.6 Å². The zero-order valence-electron chi connectivity index (χ0n) is 25.1. The zero-order valence-corrected chi connectivity index (χ0v) is 25.9. The molecule has 4 aliphatic rings. The largest absolute Gasteiger partial charge is 0.396 e. The first-order valence-electron chi connectivity index (χ1n) is 15.7. The number of likely N-dealkylation sites (tertiary alicyclic amines) is 1. The number of hydrogen-bond acceptors (Lipinski definition) is 5. The van der Waals surface area contributed by atoms with Crippen molar-refractivity contribution in [2.24, 2.45) is 11.8 Å². The average Bonchev–Trinajstić information content (AvgIpc) is 3.32. The molecule has 0 saturated carbocycles. The molecule has 0 aromatic heterocycles. The van der Waals surface area contributed by atoms with E-state index in [-0.39, 0.29) is 24.3 Å². The third-order valence-electron chi connectivity index (χ3n) is 9.68. The third-order valence-corrected chi connectivity index (χ3v) is 9.94. The average molecular weight is 618 g/mol. The van der Waals surface area contributed by atoms with Gasteiger partial charge in [0.25, 0.3) is 5.91 Å². The number of aliphatic hydroxyl groups excluding tert-OH is 1. The first-order valence-corrected chi connectivity index (χ1v) is 16.1. The van der Waals surface area contributed by atoms with Crippen LogP contribution in [0.3, 0.4) is 0 Å². The molecule has 2 saturated heterocycles. The molecule has 0 aliphatic carbocycles. The second-order valence-corrected chi connectivity index (χ2v) is 12.7. The van der Waals surface area contributed by atoms with Crippen LogP contribution >= 0.6 is 11.6 Å². The number of amides is 3. The van der Waals surface area contributed by atoms with Crippen molar-refractivity contribution in [2.75, 3.05) is 31.1 Å². The van der Waals surface area contributed by atoms with Gasteiger partial charge in [-0.2, -0.15) is 0 Å². The minimum atomic E-state index is -1.29. The molecule has 4 aliphatic heterocycles. The van der Waals surface area contributed by atoms with Crippen LogP contribution in [0.2, 0.25) is 5.02 Å². The number of halogens is 1. The fourth-order valence-electron chi connectivity index (χ4n) is 7.60. The van der Waals surface area contributed by atoms with Crippen molar-refractivity contribution in [2.45, 2.75) is 62.8 Å². The zero-order chi connectivity index (χ0) is 30.9. The second kappa shape index (κ2) is 12.5. The van der Waals surface area contributed by atoms with Crippen LogP contribution in [0.1, 0.15) is 44.6 Å². The van der Waals surface area contributed by atoms with Gasteiger partial charge in [0.2, 0.25) is 11.8 Å². The van der Waals surface area contributed by atoms with Crippen molar-refractivity contribution in [1.82, 2.24) is 9.80 Å². The number of hydrogen-bond donors (Lipinski definition) is 1. The molecule has 1 N–H and O–H groups in total. The van der Waals surface area contributed by atoms with E-state index in [9.17, 15) is 19.5 Å². The highest BCUT2D eigenvalue weighted by atomic mass is 35.5. The topological polar surface area (TPSA) is 90.4 Å². The maximum Gasteiger partial charge on any atom is 0.253 e. The number of carbonyl (C=O) groups excluding carboxylic acids is 3. The lowest BCUT2D eigenvalue weighted by Crippen LogP contribution is -2.56. The molecular formula is C35H40ClN3O5. The highest BCUT2D eigenvalue weighted by molar-refractivity contribution is 6.30. The Hall–Kier alpha value is -3.46. The van der Waals surface area contributed by atoms with Crippen molar-refractivity contribution in [3.05, 3.63) is 89.5 Å². The number of anilines is 1. The summed E-state index contributed by atoms with van der Waals surface area (Å²) in [6.07, 6.45) is 11.3. The standard InChI is InChI=1S/C35H40ClN3O5/c1-2-34-18-10-20-37(24-25-12-6-5-7-13-25)31(41)28(34)29-32(42)39(21-8-3-4-9-23-40)30-33(43)38(22-11-19-35(29,30)44-34)27-16-14-26(36)15-17-27/h5-7,10-19,28-30,40H,2-4,8-9,20-24H2,1H3/t28-,29+,30?,34+,35+/m1/s1. The number of fused-ring (bicyclic) bond motifs is 2. The van der Waals surface area contributed by atoms with Crippen molar-refractivity contribution in [3.8, 4) is 0 Å². The van der Waals surface area contributed by atoms with Crippen LogP contribution < -0.4 is 4.90 Å². The fourth-order valence-corrected chi connectivity index (χ4v) is 7.72. The lowest BCUT2D eigenvalue weighted by atomic mass is 9.73. The first-order chi connectivity index (χ1) is 21.3. The van der Waals surface area contributed by atoms with E-state index in [1.54, 1.807) is 39.0 Å². The fraction of sp³-hybridized carbons (Fsp3) is 0.457. The Bertz CT molecular complexity index is 1450. The van der Waals surface area contributed by atoms with E-state index in [4.69, 9.17) is 16.3 Å². The molecule has 4 heterocycles. The van der Waals surface area contributed by atoms with E-state index in [0.717, 1.165) is 18.4 Å². The first kappa shape index (κ1) is 30.6. The molecular weight excluding hydrogens is 578 g/mol. The van der Waals surface area contributed by atoms with Crippen LogP contribution in [0, 0.1) is 11.8 Å². The smallest absolute Gasteiger partial charge is 0.253 e. The maximum absolute atomic E-state index is 14.6. The predicted molar refractivity (Wildman–Crippen MR) is 169 cm³/mol. The minimum absolute atomic E-state index is 0.125. The molecule has 0 radical (unpaired) electrons. The molecule has 0 bridgehead atoms. The Balaban J connectivity index is 1.41. The quantitative estimate of drug-likeness (QED) is 0.307. The van der Waals surface area contributed by atoms with E-state index >= 15 is 0 Å². The summed E-state index contributed by atoms with van der Waals surface area (Å²) in [6.45, 7) is 3.62. The Morgan fingerprint density at radius 2 is 1.59 bits per heavy atom. The third kappa shape index (κ3) is 5.17. The summed E-state index contributed by atoms with van der Waals surface area (Å²) in [7, 11) is 0. The number of aliphatic hydroxyl groups is 1. The van der Waals surface area contributed by atoms with Crippen molar-refractivity contribution in [3.63, 3.8) is 0 Å². The molecule has 2 aromatic carbocycles. The van der Waals surface area contributed by atoms with Crippen LogP contribution in [0.25, 0.3) is 0 Å². The second-order valence-electron chi connectivity index (χ2n) is 12.2. The number of nitrogens with zero attached hydrogens (tertiary/aromatic N) is 3. The van der Waals surface area contributed by atoms with E-state index in [2.05, 4.69) is 0 Å². The van der Waals surface area contributed by atoms with Crippen LogP contribution in [0.5, 0.6) is 0 Å². The molecule has 5 atom stereocenters. The molecule has 9 heteroatoms. The van der Waals surface area contributed by atoms with E-state index < -0.39 is 29.1 Å². The number of unbranched alkanes of at least 4 members (excludes halogenated alkanes) is 3. The van der Waals surface area contributed by atoms with Gasteiger partial charge in [-0.3, -0.25) is 14.4 Å². The lowest BCUT2D eigenvalue weighted by Gasteiger charge is -2.38. The number of ether oxygens (including phenoxy) is 1. The Labute approximate surface area is 263 Å². The van der Waals surface area contributed by atoms with Gasteiger partial charge in [-0.25, -0.2) is 0 Å². The van der Waals surface area contributed by atoms with Gasteiger partial charge in [0, 0.05) is 43.5 Å². The lowest BCUT2D eigenvalue weighted by molar-refractivity contribution is -0.150. The van der Waals surface area contributed by atoms with Crippen molar-refractivity contribution in [1.29, 1.82) is 0 Å². The normalized spacial score (nSPS) is 29.5. The molecule has 2 aromatic rings. The summed E-state index contributed by atoms with van der Waals surface area (Å²) in [5.74, 6) is -2.19. The molecule has 1 unspecified atom stereocenters. The predicted octanol–water partition coefficient (Wildman–Crippen LogP) is 4.76. The van der Waals surface area contributed by atoms with Gasteiger partial charge in [0.15, 0.2) is 0 Å². The molecule has 3 amide bonds. The number of benzene rings is 2. The van der Waals surface area contributed by atoms with Crippen molar-refractivity contribution < 1.29 is 24.2 Å². The Morgan fingerprint density at radius 3 is 2.32 bits per heavy atom. The van der Waals surface area contributed by atoms with E-state index in [1.165, 1.54) is 0 Å². The Morgan fingerprint density at radius 1 is 0.864 bits per heavy atom. The van der Waals surface area contributed by atoms with Crippen LogP contribution in [0.4, 0.5) is 5.69 Å². The summed E-state index contributed by atoms with van der Waals surface area (Å²) in [5.41, 5.74) is -0.622. The summed E-state index contributed by atoms with van der Waals surface area (Å²) in [5, 5.41) is 9.80. The molecule has 8 nitrogen and oxygen atoms in total.